The third-order valence-corrected chi connectivity index (χ3v) is 4.65. The van der Waals surface area contributed by atoms with Gasteiger partial charge in [0.1, 0.15) is 0 Å². The van der Waals surface area contributed by atoms with Crippen LogP contribution in [0, 0.1) is 6.92 Å². The Labute approximate surface area is 130 Å². The fraction of sp³-hybridized carbons (Fsp3) is 0.562. The summed E-state index contributed by atoms with van der Waals surface area (Å²) in [5.41, 5.74) is 2.65. The molecule has 4 nitrogen and oxygen atoms in total. The molecule has 1 aromatic rings. The van der Waals surface area contributed by atoms with E-state index in [-0.39, 0.29) is 18.1 Å². The predicted molar refractivity (Wildman–Crippen MR) is 87.4 cm³/mol. The summed E-state index contributed by atoms with van der Waals surface area (Å²) in [7, 11) is 0. The van der Waals surface area contributed by atoms with E-state index >= 15 is 0 Å². The smallest absolute Gasteiger partial charge is 0.237 e. The van der Waals surface area contributed by atoms with Crippen molar-refractivity contribution < 1.29 is 9.90 Å². The third kappa shape index (κ3) is 5.69. The van der Waals surface area contributed by atoms with Crippen molar-refractivity contribution >= 4 is 17.7 Å². The number of carbonyl (C=O) groups is 1. The average molecular weight is 308 g/mol. The number of rotatable bonds is 7. The lowest BCUT2D eigenvalue weighted by atomic mass is 10.2. The van der Waals surface area contributed by atoms with Gasteiger partial charge in [0.2, 0.25) is 5.91 Å². The molecule has 2 atom stereocenters. The highest BCUT2D eigenvalue weighted by Crippen LogP contribution is 2.14. The second-order valence-corrected chi connectivity index (χ2v) is 6.64. The molecule has 0 aliphatic carbocycles. The number of benzene rings is 1. The van der Waals surface area contributed by atoms with Gasteiger partial charge in [0, 0.05) is 18.8 Å². The van der Waals surface area contributed by atoms with Gasteiger partial charge in [0.05, 0.1) is 12.1 Å². The van der Waals surface area contributed by atoms with Crippen molar-refractivity contribution in [3.8, 4) is 0 Å². The van der Waals surface area contributed by atoms with Gasteiger partial charge in [-0.15, -0.1) is 0 Å². The Morgan fingerprint density at radius 2 is 2.38 bits per heavy atom. The standard InChI is InChI=1S/C16H24N2O2S/c1-12-4-2-5-13(8-12)11-21-7-3-6-17-16(20)15-9-14(19)10-18-15/h2,4-5,8,14-15,18-19H,3,6-7,9-11H2,1H3,(H,17,20)/t14-,15-/m1/s1. The van der Waals surface area contributed by atoms with Gasteiger partial charge in [-0.3, -0.25) is 4.79 Å². The molecular formula is C16H24N2O2S. The van der Waals surface area contributed by atoms with Crippen molar-refractivity contribution in [3.63, 3.8) is 0 Å². The normalized spacial score (nSPS) is 21.4. The van der Waals surface area contributed by atoms with Gasteiger partial charge in [0.15, 0.2) is 0 Å². The van der Waals surface area contributed by atoms with Gasteiger partial charge in [-0.1, -0.05) is 29.8 Å². The first kappa shape index (κ1) is 16.3. The summed E-state index contributed by atoms with van der Waals surface area (Å²) < 4.78 is 0. The first-order chi connectivity index (χ1) is 10.1. The van der Waals surface area contributed by atoms with E-state index in [1.165, 1.54) is 11.1 Å². The highest BCUT2D eigenvalue weighted by Gasteiger charge is 2.27. The van der Waals surface area contributed by atoms with Crippen molar-refractivity contribution in [2.24, 2.45) is 0 Å². The molecule has 0 saturated carbocycles. The minimum atomic E-state index is -0.384. The van der Waals surface area contributed by atoms with E-state index in [4.69, 9.17) is 0 Å². The highest BCUT2D eigenvalue weighted by molar-refractivity contribution is 7.98. The van der Waals surface area contributed by atoms with E-state index < -0.39 is 0 Å². The largest absolute Gasteiger partial charge is 0.392 e. The lowest BCUT2D eigenvalue weighted by Crippen LogP contribution is -2.40. The van der Waals surface area contributed by atoms with E-state index in [9.17, 15) is 9.90 Å². The van der Waals surface area contributed by atoms with Crippen LogP contribution in [0.15, 0.2) is 24.3 Å². The molecule has 1 fully saturated rings. The van der Waals surface area contributed by atoms with Crippen molar-refractivity contribution in [1.82, 2.24) is 10.6 Å². The number of hydrogen-bond donors (Lipinski definition) is 3. The van der Waals surface area contributed by atoms with E-state index in [0.717, 1.165) is 17.9 Å². The second kappa shape index (κ2) is 8.41. The Morgan fingerprint density at radius 3 is 3.10 bits per heavy atom. The lowest BCUT2D eigenvalue weighted by molar-refractivity contribution is -0.122. The van der Waals surface area contributed by atoms with E-state index in [0.29, 0.717) is 19.5 Å². The van der Waals surface area contributed by atoms with Crippen LogP contribution in [0.3, 0.4) is 0 Å². The molecule has 1 amide bonds. The minimum Gasteiger partial charge on any atom is -0.392 e. The number of thioether (sulfide) groups is 1. The summed E-state index contributed by atoms with van der Waals surface area (Å²) >= 11 is 1.89. The molecule has 0 spiro atoms. The maximum atomic E-state index is 11.8. The van der Waals surface area contributed by atoms with Gasteiger partial charge in [-0.25, -0.2) is 0 Å². The topological polar surface area (TPSA) is 61.4 Å². The number of amides is 1. The van der Waals surface area contributed by atoms with E-state index in [1.807, 2.05) is 11.8 Å². The molecule has 3 N–H and O–H groups in total. The molecule has 1 aliphatic rings. The Balaban J connectivity index is 1.53. The van der Waals surface area contributed by atoms with Crippen molar-refractivity contribution in [2.75, 3.05) is 18.8 Å². The van der Waals surface area contributed by atoms with E-state index in [2.05, 4.69) is 41.8 Å². The van der Waals surface area contributed by atoms with Gasteiger partial charge in [-0.05, 0) is 31.1 Å². The summed E-state index contributed by atoms with van der Waals surface area (Å²) in [5.74, 6) is 2.07. The molecule has 1 heterocycles. The van der Waals surface area contributed by atoms with Gasteiger partial charge in [0.25, 0.3) is 0 Å². The minimum absolute atomic E-state index is 0.00948. The molecule has 1 aromatic carbocycles. The monoisotopic (exact) mass is 308 g/mol. The van der Waals surface area contributed by atoms with Crippen molar-refractivity contribution in [3.05, 3.63) is 35.4 Å². The zero-order valence-electron chi connectivity index (χ0n) is 12.5. The SMILES string of the molecule is Cc1cccc(CSCCCNC(=O)[C@H]2C[C@@H](O)CN2)c1. The van der Waals surface area contributed by atoms with Gasteiger partial charge < -0.3 is 15.7 Å². The zero-order valence-corrected chi connectivity index (χ0v) is 13.3. The Bertz CT molecular complexity index is 467. The number of aliphatic hydroxyl groups is 1. The zero-order chi connectivity index (χ0) is 15.1. The van der Waals surface area contributed by atoms with E-state index in [1.54, 1.807) is 0 Å². The number of β-amino-alcohol motifs (C(OH)–C–C–N with tert-alkyl or cyclic N) is 1. The van der Waals surface area contributed by atoms with Crippen LogP contribution in [0.25, 0.3) is 0 Å². The average Bonchev–Trinajstić information content (AvgIpc) is 2.89. The summed E-state index contributed by atoms with van der Waals surface area (Å²) in [6.45, 7) is 3.33. The maximum absolute atomic E-state index is 11.8. The molecule has 0 bridgehead atoms. The Morgan fingerprint density at radius 1 is 1.52 bits per heavy atom. The van der Waals surface area contributed by atoms with Crippen LogP contribution in [0.4, 0.5) is 0 Å². The molecule has 21 heavy (non-hydrogen) atoms. The number of carbonyl (C=O) groups excluding carboxylic acids is 1. The molecular weight excluding hydrogens is 284 g/mol. The number of hydrogen-bond acceptors (Lipinski definition) is 4. The van der Waals surface area contributed by atoms with Crippen LogP contribution in [-0.4, -0.2) is 42.0 Å². The summed E-state index contributed by atoms with van der Waals surface area (Å²) in [5, 5.41) is 15.3. The predicted octanol–water partition coefficient (Wildman–Crippen LogP) is 1.46. The Kier molecular flexibility index (Phi) is 6.54. The number of aliphatic hydroxyl groups excluding tert-OH is 1. The molecule has 116 valence electrons. The number of nitrogens with one attached hydrogen (secondary N) is 2. The highest BCUT2D eigenvalue weighted by atomic mass is 32.2. The molecule has 0 aromatic heterocycles. The number of aryl methyl sites for hydroxylation is 1. The van der Waals surface area contributed by atoms with Crippen molar-refractivity contribution in [1.29, 1.82) is 0 Å². The van der Waals surface area contributed by atoms with Crippen LogP contribution in [-0.2, 0) is 10.5 Å². The summed E-state index contributed by atoms with van der Waals surface area (Å²) in [6, 6.07) is 8.34. The first-order valence-corrected chi connectivity index (χ1v) is 8.63. The van der Waals surface area contributed by atoms with Crippen LogP contribution in [0.1, 0.15) is 24.0 Å². The third-order valence-electron chi connectivity index (χ3n) is 3.54. The fourth-order valence-corrected chi connectivity index (χ4v) is 3.33. The fourth-order valence-electron chi connectivity index (χ4n) is 2.42. The molecule has 1 saturated heterocycles. The van der Waals surface area contributed by atoms with Crippen molar-refractivity contribution in [2.45, 2.75) is 37.7 Å². The summed E-state index contributed by atoms with van der Waals surface area (Å²) in [6.07, 6.45) is 1.11. The second-order valence-electron chi connectivity index (χ2n) is 5.54. The Hall–Kier alpha value is -1.04. The molecule has 5 heteroatoms. The van der Waals surface area contributed by atoms with Gasteiger partial charge >= 0.3 is 0 Å². The molecule has 2 rings (SSSR count). The quantitative estimate of drug-likeness (QED) is 0.667. The molecule has 1 aliphatic heterocycles. The van der Waals surface area contributed by atoms with Crippen LogP contribution >= 0.6 is 11.8 Å². The molecule has 0 unspecified atom stereocenters. The maximum Gasteiger partial charge on any atom is 0.237 e. The first-order valence-electron chi connectivity index (χ1n) is 7.47. The van der Waals surface area contributed by atoms with Crippen LogP contribution in [0.5, 0.6) is 0 Å². The van der Waals surface area contributed by atoms with Gasteiger partial charge in [-0.2, -0.15) is 11.8 Å². The van der Waals surface area contributed by atoms with Crippen LogP contribution < -0.4 is 10.6 Å². The summed E-state index contributed by atoms with van der Waals surface area (Å²) in [4.78, 5) is 11.8. The molecule has 0 radical (unpaired) electrons. The lowest BCUT2D eigenvalue weighted by Gasteiger charge is -2.10. The van der Waals surface area contributed by atoms with Crippen LogP contribution in [0.2, 0.25) is 0 Å².